The number of furan rings is 1. The van der Waals surface area contributed by atoms with Crippen LogP contribution in [-0.4, -0.2) is 14.5 Å². The van der Waals surface area contributed by atoms with Crippen LogP contribution in [0.3, 0.4) is 0 Å². The molecule has 52 heavy (non-hydrogen) atoms. The van der Waals surface area contributed by atoms with E-state index in [4.69, 9.17) is 14.4 Å². The summed E-state index contributed by atoms with van der Waals surface area (Å²) in [5, 5.41) is 6.90. The molecule has 0 radical (unpaired) electrons. The van der Waals surface area contributed by atoms with Crippen LogP contribution in [0, 0.1) is 0 Å². The van der Waals surface area contributed by atoms with Crippen molar-refractivity contribution in [2.24, 2.45) is 0 Å². The zero-order valence-corrected chi connectivity index (χ0v) is 28.0. The molecule has 11 aromatic rings. The van der Waals surface area contributed by atoms with Gasteiger partial charge in [0.2, 0.25) is 0 Å². The molecule has 4 heterocycles. The topological polar surface area (TPSA) is 43.9 Å². The van der Waals surface area contributed by atoms with E-state index in [1.807, 2.05) is 12.1 Å². The van der Waals surface area contributed by atoms with Gasteiger partial charge in [0.1, 0.15) is 11.2 Å². The fourth-order valence-corrected chi connectivity index (χ4v) is 7.83. The third-order valence-corrected chi connectivity index (χ3v) is 10.4. The molecule has 0 aliphatic carbocycles. The van der Waals surface area contributed by atoms with Crippen molar-refractivity contribution in [3.8, 4) is 39.3 Å². The van der Waals surface area contributed by atoms with E-state index in [0.29, 0.717) is 0 Å². The molecule has 0 bridgehead atoms. The molecule has 0 saturated heterocycles. The number of hydrogen-bond acceptors (Lipinski definition) is 3. The molecule has 0 saturated carbocycles. The van der Waals surface area contributed by atoms with E-state index in [1.165, 1.54) is 21.8 Å². The summed E-state index contributed by atoms with van der Waals surface area (Å²) in [6, 6.07) is 62.0. The summed E-state index contributed by atoms with van der Waals surface area (Å²) in [4.78, 5) is 10.5. The molecule has 0 aliphatic heterocycles. The minimum Gasteiger partial charge on any atom is -0.456 e. The standard InChI is InChI=1S/C48H29N3O/c1-4-13-43-37(10-1)38-11-2-5-14-44(38)51(43)36-23-18-30(19-24-36)41-25-20-31-16-17-32-21-26-42(50-48(32)47(31)49-41)35-9-7-8-33(28-35)34-22-27-46-40(29-34)39-12-3-6-15-45(39)52-46/h1-29H. The first kappa shape index (κ1) is 28.8. The van der Waals surface area contributed by atoms with Crippen LogP contribution >= 0.6 is 0 Å². The first-order chi connectivity index (χ1) is 25.7. The molecule has 0 atom stereocenters. The van der Waals surface area contributed by atoms with Crippen LogP contribution in [0.15, 0.2) is 180 Å². The Bertz CT molecular complexity index is 3130. The maximum Gasteiger partial charge on any atom is 0.135 e. The Balaban J connectivity index is 0.976. The van der Waals surface area contributed by atoms with Crippen LogP contribution < -0.4 is 0 Å². The predicted molar refractivity (Wildman–Crippen MR) is 215 cm³/mol. The fraction of sp³-hybridized carbons (Fsp3) is 0. The first-order valence-corrected chi connectivity index (χ1v) is 17.6. The van der Waals surface area contributed by atoms with E-state index in [9.17, 15) is 0 Å². The van der Waals surface area contributed by atoms with Gasteiger partial charge in [0, 0.05) is 49.1 Å². The van der Waals surface area contributed by atoms with E-state index >= 15 is 0 Å². The van der Waals surface area contributed by atoms with Crippen molar-refractivity contribution in [1.82, 2.24) is 14.5 Å². The third-order valence-electron chi connectivity index (χ3n) is 10.4. The molecule has 0 amide bonds. The van der Waals surface area contributed by atoms with Crippen LogP contribution in [0.5, 0.6) is 0 Å². The summed E-state index contributed by atoms with van der Waals surface area (Å²) in [5.41, 5.74) is 13.4. The van der Waals surface area contributed by atoms with Crippen LogP contribution in [-0.2, 0) is 0 Å². The van der Waals surface area contributed by atoms with Crippen LogP contribution in [0.2, 0.25) is 0 Å². The van der Waals surface area contributed by atoms with Crippen molar-refractivity contribution in [3.05, 3.63) is 176 Å². The van der Waals surface area contributed by atoms with E-state index in [2.05, 4.69) is 168 Å². The summed E-state index contributed by atoms with van der Waals surface area (Å²) in [6.45, 7) is 0. The number of nitrogens with zero attached hydrogens (tertiary/aromatic N) is 3. The largest absolute Gasteiger partial charge is 0.456 e. The SMILES string of the molecule is c1cc(-c2ccc3oc4ccccc4c3c2)cc(-c2ccc3ccc4ccc(-c5ccc(-n6c7ccccc7c7ccccc76)cc5)nc4c3n2)c1. The minimum atomic E-state index is 0.898. The lowest BCUT2D eigenvalue weighted by molar-refractivity contribution is 0.669. The Hall–Kier alpha value is -7.04. The lowest BCUT2D eigenvalue weighted by Gasteiger charge is -2.11. The monoisotopic (exact) mass is 663 g/mol. The molecular formula is C48H29N3O. The maximum absolute atomic E-state index is 6.08. The van der Waals surface area contributed by atoms with Crippen molar-refractivity contribution >= 4 is 65.6 Å². The quantitative estimate of drug-likeness (QED) is 0.176. The molecule has 0 unspecified atom stereocenters. The number of benzene rings is 7. The lowest BCUT2D eigenvalue weighted by atomic mass is 9.99. The summed E-state index contributed by atoms with van der Waals surface area (Å²) < 4.78 is 8.42. The van der Waals surface area contributed by atoms with E-state index in [0.717, 1.165) is 83.1 Å². The Kier molecular flexibility index (Phi) is 6.22. The zero-order valence-electron chi connectivity index (χ0n) is 28.0. The predicted octanol–water partition coefficient (Wildman–Crippen LogP) is 12.8. The Morgan fingerprint density at radius 3 is 1.62 bits per heavy atom. The summed E-state index contributed by atoms with van der Waals surface area (Å²) in [5.74, 6) is 0. The van der Waals surface area contributed by atoms with Crippen LogP contribution in [0.1, 0.15) is 0 Å². The van der Waals surface area contributed by atoms with Gasteiger partial charge >= 0.3 is 0 Å². The molecule has 4 heteroatoms. The van der Waals surface area contributed by atoms with Crippen molar-refractivity contribution in [1.29, 1.82) is 0 Å². The Morgan fingerprint density at radius 2 is 0.904 bits per heavy atom. The summed E-state index contributed by atoms with van der Waals surface area (Å²) >= 11 is 0. The lowest BCUT2D eigenvalue weighted by Crippen LogP contribution is -1.94. The van der Waals surface area contributed by atoms with Crippen molar-refractivity contribution in [3.63, 3.8) is 0 Å². The Morgan fingerprint density at radius 1 is 0.365 bits per heavy atom. The number of rotatable bonds is 4. The van der Waals surface area contributed by atoms with Gasteiger partial charge in [-0.1, -0.05) is 115 Å². The zero-order chi connectivity index (χ0) is 34.2. The number of para-hydroxylation sites is 3. The number of pyridine rings is 2. The van der Waals surface area contributed by atoms with Gasteiger partial charge in [-0.15, -0.1) is 0 Å². The van der Waals surface area contributed by atoms with Crippen molar-refractivity contribution in [2.45, 2.75) is 0 Å². The molecule has 0 fully saturated rings. The second kappa shape index (κ2) is 11.2. The maximum atomic E-state index is 6.08. The van der Waals surface area contributed by atoms with E-state index < -0.39 is 0 Å². The van der Waals surface area contributed by atoms with Gasteiger partial charge in [-0.25, -0.2) is 9.97 Å². The highest BCUT2D eigenvalue weighted by atomic mass is 16.3. The van der Waals surface area contributed by atoms with Gasteiger partial charge in [-0.2, -0.15) is 0 Å². The van der Waals surface area contributed by atoms with Crippen molar-refractivity contribution < 1.29 is 4.42 Å². The third kappa shape index (κ3) is 4.48. The van der Waals surface area contributed by atoms with E-state index in [-0.39, 0.29) is 0 Å². The van der Waals surface area contributed by atoms with Crippen LogP contribution in [0.25, 0.3) is 105 Å². The summed E-state index contributed by atoms with van der Waals surface area (Å²) in [7, 11) is 0. The van der Waals surface area contributed by atoms with Gasteiger partial charge in [-0.3, -0.25) is 0 Å². The number of hydrogen-bond donors (Lipinski definition) is 0. The molecule has 4 nitrogen and oxygen atoms in total. The number of aromatic nitrogens is 3. The molecule has 11 rings (SSSR count). The smallest absolute Gasteiger partial charge is 0.135 e. The minimum absolute atomic E-state index is 0.898. The van der Waals surface area contributed by atoms with E-state index in [1.54, 1.807) is 0 Å². The second-order valence-electron chi connectivity index (χ2n) is 13.4. The van der Waals surface area contributed by atoms with Crippen LogP contribution in [0.4, 0.5) is 0 Å². The molecule has 0 aliphatic rings. The second-order valence-corrected chi connectivity index (χ2v) is 13.4. The van der Waals surface area contributed by atoms with Gasteiger partial charge in [0.25, 0.3) is 0 Å². The summed E-state index contributed by atoms with van der Waals surface area (Å²) in [6.07, 6.45) is 0. The van der Waals surface area contributed by atoms with Gasteiger partial charge < -0.3 is 8.98 Å². The average molecular weight is 664 g/mol. The molecular weight excluding hydrogens is 635 g/mol. The molecule has 4 aromatic heterocycles. The highest BCUT2D eigenvalue weighted by Gasteiger charge is 2.14. The fourth-order valence-electron chi connectivity index (χ4n) is 7.83. The molecule has 0 N–H and O–H groups in total. The Labute approximate surface area is 298 Å². The highest BCUT2D eigenvalue weighted by Crippen LogP contribution is 2.36. The first-order valence-electron chi connectivity index (χ1n) is 17.6. The molecule has 242 valence electrons. The molecule has 7 aromatic carbocycles. The highest BCUT2D eigenvalue weighted by molar-refractivity contribution is 6.09. The van der Waals surface area contributed by atoms with Crippen molar-refractivity contribution in [2.75, 3.05) is 0 Å². The number of fused-ring (bicyclic) bond motifs is 9. The van der Waals surface area contributed by atoms with Gasteiger partial charge in [0.15, 0.2) is 0 Å². The van der Waals surface area contributed by atoms with Gasteiger partial charge in [0.05, 0.1) is 33.5 Å². The normalized spacial score (nSPS) is 11.8. The average Bonchev–Trinajstić information content (AvgIpc) is 3.76. The van der Waals surface area contributed by atoms with Gasteiger partial charge in [-0.05, 0) is 71.8 Å². The molecule has 0 spiro atoms.